The fourth-order valence-electron chi connectivity index (χ4n) is 5.09. The minimum absolute atomic E-state index is 0. The van der Waals surface area contributed by atoms with Crippen LogP contribution in [-0.2, 0) is 24.9 Å². The number of hydrogen-bond donors (Lipinski definition) is 1. The number of ketones is 1. The first-order chi connectivity index (χ1) is 19.7. The molecule has 0 amide bonds. The first kappa shape index (κ1) is 36.2. The maximum absolute atomic E-state index is 14.5. The molecule has 0 fully saturated rings. The first-order valence-corrected chi connectivity index (χ1v) is 14.9. The zero-order valence-electron chi connectivity index (χ0n) is 26.8. The normalized spacial score (nSPS) is 12.1. The van der Waals surface area contributed by atoms with E-state index in [1.165, 1.54) is 19.1 Å². The number of hydrogen-bond acceptors (Lipinski definition) is 3. The van der Waals surface area contributed by atoms with Crippen molar-refractivity contribution in [2.24, 2.45) is 10.8 Å². The summed E-state index contributed by atoms with van der Waals surface area (Å²) in [5, 5.41) is 12.8. The van der Waals surface area contributed by atoms with Crippen molar-refractivity contribution in [2.75, 3.05) is 0 Å². The van der Waals surface area contributed by atoms with Crippen molar-refractivity contribution in [1.29, 1.82) is 0 Å². The molecule has 0 aliphatic heterocycles. The predicted octanol–water partition coefficient (Wildman–Crippen LogP) is 10.7. The quantitative estimate of drug-likeness (QED) is 0.0841. The molecule has 1 radical (unpaired) electrons. The van der Waals surface area contributed by atoms with Gasteiger partial charge in [-0.1, -0.05) is 67.5 Å². The summed E-state index contributed by atoms with van der Waals surface area (Å²) in [4.78, 5) is 16.7. The number of aliphatic hydroxyl groups excluding tert-OH is 1. The molecule has 0 atom stereocenters. The number of pyridine rings is 1. The van der Waals surface area contributed by atoms with Crippen LogP contribution in [0.25, 0.3) is 32.8 Å². The van der Waals surface area contributed by atoms with Gasteiger partial charge in [-0.25, -0.2) is 8.78 Å². The van der Waals surface area contributed by atoms with Gasteiger partial charge in [0.2, 0.25) is 0 Å². The summed E-state index contributed by atoms with van der Waals surface area (Å²) in [6.45, 7) is 17.6. The molecule has 3 aromatic carbocycles. The molecule has 0 aliphatic carbocycles. The fourth-order valence-corrected chi connectivity index (χ4v) is 5.09. The van der Waals surface area contributed by atoms with Gasteiger partial charge in [0.15, 0.2) is 5.78 Å². The number of fused-ring (bicyclic) bond motifs is 3. The second kappa shape index (κ2) is 14.7. The third-order valence-corrected chi connectivity index (χ3v) is 9.19. The average Bonchev–Trinajstić information content (AvgIpc) is 2.98. The van der Waals surface area contributed by atoms with E-state index in [1.54, 1.807) is 18.3 Å². The molecular formula is C37H44F2IrNO2-. The van der Waals surface area contributed by atoms with Crippen LogP contribution in [0.15, 0.2) is 54.4 Å². The molecule has 3 nitrogen and oxygen atoms in total. The Balaban J connectivity index is 0.000000318. The van der Waals surface area contributed by atoms with Crippen molar-refractivity contribution < 1.29 is 38.8 Å². The Labute approximate surface area is 269 Å². The molecule has 1 N–H and O–H groups in total. The van der Waals surface area contributed by atoms with E-state index in [1.807, 2.05) is 67.5 Å². The maximum Gasteiger partial charge on any atom is 0.164 e. The monoisotopic (exact) mass is 765 g/mol. The van der Waals surface area contributed by atoms with Gasteiger partial charge in [-0.2, -0.15) is 0 Å². The van der Waals surface area contributed by atoms with E-state index in [-0.39, 0.29) is 48.0 Å². The Hall–Kier alpha value is -2.95. The summed E-state index contributed by atoms with van der Waals surface area (Å²) in [7, 11) is 0. The van der Waals surface area contributed by atoms with Crippen LogP contribution in [0.1, 0.15) is 83.9 Å². The Bertz CT molecular complexity index is 1620. The van der Waals surface area contributed by atoms with Crippen molar-refractivity contribution in [2.45, 2.75) is 88.0 Å². The molecule has 0 aliphatic rings. The van der Waals surface area contributed by atoms with E-state index in [9.17, 15) is 18.7 Å². The summed E-state index contributed by atoms with van der Waals surface area (Å²) < 4.78 is 28.6. The molecule has 0 saturated heterocycles. The van der Waals surface area contributed by atoms with Crippen LogP contribution in [-0.4, -0.2) is 15.9 Å². The molecule has 0 bridgehead atoms. The van der Waals surface area contributed by atoms with Gasteiger partial charge in [0.1, 0.15) is 17.4 Å². The van der Waals surface area contributed by atoms with Gasteiger partial charge in [-0.05, 0) is 66.6 Å². The van der Waals surface area contributed by atoms with Crippen LogP contribution in [0.5, 0.6) is 0 Å². The van der Waals surface area contributed by atoms with Gasteiger partial charge in [0.05, 0.1) is 0 Å². The second-order valence-corrected chi connectivity index (χ2v) is 11.9. The second-order valence-electron chi connectivity index (χ2n) is 11.9. The number of aromatic nitrogens is 1. The number of carbonyl (C=O) groups is 1. The number of rotatable bonds is 8. The molecule has 1 heterocycles. The average molecular weight is 765 g/mol. The van der Waals surface area contributed by atoms with Gasteiger partial charge in [0.25, 0.3) is 0 Å². The molecule has 0 spiro atoms. The standard InChI is InChI=1S/C22H16F2N.C15H28O2.Ir/c1-12-8-13(2)10-15(9-12)22-18-5-4-17-19(16(18)6-7-25-22)11-20(23)14(3)21(17)24;1-7-14(5,8-2)12(16)11-13(17)15(6,9-3)10-4;/h4-9,11H,1-3H3;11,16H,7-10H2,1-6H3;/q-1;;/b;12-11-;. The summed E-state index contributed by atoms with van der Waals surface area (Å²) in [6, 6.07) is 14.2. The number of aliphatic hydroxyl groups is 1. The van der Waals surface area contributed by atoms with Crippen molar-refractivity contribution in [1.82, 2.24) is 4.98 Å². The fraction of sp³-hybridized carbons (Fsp3) is 0.405. The molecule has 4 aromatic rings. The van der Waals surface area contributed by atoms with Gasteiger partial charge in [0, 0.05) is 54.2 Å². The summed E-state index contributed by atoms with van der Waals surface area (Å²) in [5.74, 6) is -0.754. The molecule has 0 unspecified atom stereocenters. The largest absolute Gasteiger partial charge is 0.512 e. The summed E-state index contributed by atoms with van der Waals surface area (Å²) in [6.07, 6.45) is 6.43. The van der Waals surface area contributed by atoms with E-state index in [0.717, 1.165) is 58.8 Å². The number of aryl methyl sites for hydroxylation is 2. The van der Waals surface area contributed by atoms with E-state index in [0.29, 0.717) is 10.8 Å². The number of benzene rings is 3. The van der Waals surface area contributed by atoms with E-state index < -0.39 is 11.6 Å². The maximum atomic E-state index is 14.5. The Kier molecular flexibility index (Phi) is 12.4. The molecular weight excluding hydrogens is 721 g/mol. The van der Waals surface area contributed by atoms with Crippen LogP contribution in [0, 0.1) is 49.3 Å². The topological polar surface area (TPSA) is 50.2 Å². The Morgan fingerprint density at radius 1 is 0.860 bits per heavy atom. The minimum Gasteiger partial charge on any atom is -0.512 e. The molecule has 43 heavy (non-hydrogen) atoms. The molecule has 4 rings (SSSR count). The van der Waals surface area contributed by atoms with Gasteiger partial charge in [-0.3, -0.25) is 4.79 Å². The van der Waals surface area contributed by atoms with E-state index in [2.05, 4.69) is 17.1 Å². The Morgan fingerprint density at radius 2 is 1.44 bits per heavy atom. The number of nitrogens with zero attached hydrogens (tertiary/aromatic N) is 1. The Morgan fingerprint density at radius 3 is 2.00 bits per heavy atom. The van der Waals surface area contributed by atoms with Crippen LogP contribution >= 0.6 is 0 Å². The number of allylic oxidation sites excluding steroid dienone is 2. The molecule has 233 valence electrons. The van der Waals surface area contributed by atoms with Crippen LogP contribution < -0.4 is 0 Å². The van der Waals surface area contributed by atoms with Crippen molar-refractivity contribution >= 4 is 27.3 Å². The van der Waals surface area contributed by atoms with Crippen LogP contribution in [0.3, 0.4) is 0 Å². The third kappa shape index (κ3) is 7.59. The van der Waals surface area contributed by atoms with Crippen molar-refractivity contribution in [3.8, 4) is 11.3 Å². The predicted molar refractivity (Wildman–Crippen MR) is 171 cm³/mol. The smallest absolute Gasteiger partial charge is 0.164 e. The third-order valence-electron chi connectivity index (χ3n) is 9.19. The zero-order valence-corrected chi connectivity index (χ0v) is 29.2. The van der Waals surface area contributed by atoms with E-state index >= 15 is 0 Å². The SMILES string of the molecule is CCC(C)(CC)C(=O)/C=C(\O)C(C)(CC)CC.Cc1[c-]c(-c2nccc3c2ccc2c(F)c(C)c(F)cc23)cc(C)c1.[Ir]. The molecule has 0 saturated carbocycles. The van der Waals surface area contributed by atoms with Gasteiger partial charge in [-0.15, -0.1) is 34.9 Å². The van der Waals surface area contributed by atoms with Crippen LogP contribution in [0.2, 0.25) is 0 Å². The summed E-state index contributed by atoms with van der Waals surface area (Å²) in [5.41, 5.74) is 3.25. The first-order valence-electron chi connectivity index (χ1n) is 14.9. The number of carbonyl (C=O) groups excluding carboxylic acids is 1. The van der Waals surface area contributed by atoms with Crippen LogP contribution in [0.4, 0.5) is 8.78 Å². The van der Waals surface area contributed by atoms with Crippen molar-refractivity contribution in [3.63, 3.8) is 0 Å². The molecule has 1 aromatic heterocycles. The zero-order chi connectivity index (χ0) is 31.4. The van der Waals surface area contributed by atoms with E-state index in [4.69, 9.17) is 0 Å². The molecule has 6 heteroatoms. The van der Waals surface area contributed by atoms with Crippen molar-refractivity contribution in [3.05, 3.63) is 88.8 Å². The minimum atomic E-state index is -0.533. The number of halogens is 2. The van der Waals surface area contributed by atoms with Gasteiger partial charge < -0.3 is 10.1 Å². The van der Waals surface area contributed by atoms with Gasteiger partial charge >= 0.3 is 0 Å². The summed E-state index contributed by atoms with van der Waals surface area (Å²) >= 11 is 0.